The summed E-state index contributed by atoms with van der Waals surface area (Å²) in [7, 11) is 1.11. The van der Waals surface area contributed by atoms with Crippen LogP contribution >= 0.6 is 7.60 Å². The van der Waals surface area contributed by atoms with E-state index in [0.29, 0.717) is 5.56 Å². The van der Waals surface area contributed by atoms with Gasteiger partial charge in [-0.3, -0.25) is 9.36 Å². The van der Waals surface area contributed by atoms with Crippen LogP contribution in [0.1, 0.15) is 10.4 Å². The molecule has 0 aliphatic rings. The zero-order chi connectivity index (χ0) is 16.9. The zero-order valence-electron chi connectivity index (χ0n) is 13.4. The SMILES string of the molecule is COP(=O)(CC(=O)c1cccc(N(C)c2ccccc2)c1)OC. The lowest BCUT2D eigenvalue weighted by atomic mass is 10.1. The summed E-state index contributed by atoms with van der Waals surface area (Å²) in [4.78, 5) is 14.3. The van der Waals surface area contributed by atoms with Crippen LogP contribution in [0.15, 0.2) is 54.6 Å². The molecule has 0 aliphatic heterocycles. The van der Waals surface area contributed by atoms with Crippen LogP contribution in [-0.4, -0.2) is 33.2 Å². The predicted molar refractivity (Wildman–Crippen MR) is 91.8 cm³/mol. The highest BCUT2D eigenvalue weighted by Gasteiger charge is 2.26. The fourth-order valence-corrected chi connectivity index (χ4v) is 3.10. The minimum Gasteiger partial charge on any atom is -0.345 e. The Morgan fingerprint density at radius 2 is 1.61 bits per heavy atom. The Balaban J connectivity index is 2.23. The van der Waals surface area contributed by atoms with E-state index in [1.807, 2.05) is 48.3 Å². The summed E-state index contributed by atoms with van der Waals surface area (Å²) in [6.45, 7) is 0. The van der Waals surface area contributed by atoms with Gasteiger partial charge in [0.25, 0.3) is 0 Å². The Kier molecular flexibility index (Phi) is 5.72. The number of hydrogen-bond donors (Lipinski definition) is 0. The molecule has 6 heteroatoms. The molecule has 0 saturated carbocycles. The highest BCUT2D eigenvalue weighted by molar-refractivity contribution is 7.54. The molecule has 0 unspecified atom stereocenters. The second-order valence-corrected chi connectivity index (χ2v) is 7.27. The smallest absolute Gasteiger partial charge is 0.337 e. The molecule has 5 nitrogen and oxygen atoms in total. The van der Waals surface area contributed by atoms with Gasteiger partial charge in [-0.15, -0.1) is 0 Å². The van der Waals surface area contributed by atoms with Crippen molar-refractivity contribution in [3.63, 3.8) is 0 Å². The summed E-state index contributed by atoms with van der Waals surface area (Å²) >= 11 is 0. The Morgan fingerprint density at radius 3 is 2.22 bits per heavy atom. The van der Waals surface area contributed by atoms with Crippen molar-refractivity contribution < 1.29 is 18.4 Å². The number of benzene rings is 2. The lowest BCUT2D eigenvalue weighted by molar-refractivity contribution is 0.101. The molecule has 0 radical (unpaired) electrons. The zero-order valence-corrected chi connectivity index (χ0v) is 14.3. The minimum atomic E-state index is -3.36. The largest absolute Gasteiger partial charge is 0.345 e. The molecule has 0 aromatic heterocycles. The van der Waals surface area contributed by atoms with E-state index < -0.39 is 7.60 Å². The maximum atomic E-state index is 12.3. The van der Waals surface area contributed by atoms with Crippen LogP contribution in [0.2, 0.25) is 0 Å². The fourth-order valence-electron chi connectivity index (χ4n) is 2.16. The summed E-state index contributed by atoms with van der Waals surface area (Å²) in [6, 6.07) is 17.0. The number of ketones is 1. The Hall–Kier alpha value is -1.94. The van der Waals surface area contributed by atoms with E-state index in [-0.39, 0.29) is 11.9 Å². The third kappa shape index (κ3) is 4.29. The van der Waals surface area contributed by atoms with E-state index in [1.165, 1.54) is 14.2 Å². The van der Waals surface area contributed by atoms with E-state index in [9.17, 15) is 9.36 Å². The average Bonchev–Trinajstić information content (AvgIpc) is 2.61. The Morgan fingerprint density at radius 1 is 1.00 bits per heavy atom. The van der Waals surface area contributed by atoms with Crippen molar-refractivity contribution in [2.24, 2.45) is 0 Å². The molecule has 122 valence electrons. The van der Waals surface area contributed by atoms with Crippen LogP contribution in [0.25, 0.3) is 0 Å². The molecule has 0 saturated heterocycles. The summed E-state index contributed by atoms with van der Waals surface area (Å²) < 4.78 is 21.8. The van der Waals surface area contributed by atoms with Crippen LogP contribution in [0.3, 0.4) is 0 Å². The van der Waals surface area contributed by atoms with Crippen molar-refractivity contribution >= 4 is 24.8 Å². The summed E-state index contributed by atoms with van der Waals surface area (Å²) in [5.41, 5.74) is 2.35. The van der Waals surface area contributed by atoms with Crippen LogP contribution in [0.4, 0.5) is 11.4 Å². The first-order valence-corrected chi connectivity index (χ1v) is 8.84. The van der Waals surface area contributed by atoms with E-state index in [2.05, 4.69) is 0 Å². The van der Waals surface area contributed by atoms with E-state index in [1.54, 1.807) is 18.2 Å². The fraction of sp³-hybridized carbons (Fsp3) is 0.235. The first-order chi connectivity index (χ1) is 11.0. The first-order valence-electron chi connectivity index (χ1n) is 7.11. The van der Waals surface area contributed by atoms with Gasteiger partial charge in [-0.25, -0.2) is 0 Å². The van der Waals surface area contributed by atoms with Gasteiger partial charge in [0.05, 0.1) is 0 Å². The van der Waals surface area contributed by atoms with E-state index in [4.69, 9.17) is 9.05 Å². The lowest BCUT2D eigenvalue weighted by Crippen LogP contribution is -2.12. The molecule has 0 spiro atoms. The van der Waals surface area contributed by atoms with Gasteiger partial charge in [-0.2, -0.15) is 0 Å². The Labute approximate surface area is 136 Å². The topological polar surface area (TPSA) is 55.8 Å². The molecule has 0 bridgehead atoms. The number of Topliss-reactive ketones (excluding diaryl/α,β-unsaturated/α-hetero) is 1. The third-order valence-corrected chi connectivity index (χ3v) is 5.38. The predicted octanol–water partition coefficient (Wildman–Crippen LogP) is 4.12. The van der Waals surface area contributed by atoms with Crippen molar-refractivity contribution in [1.29, 1.82) is 0 Å². The average molecular weight is 333 g/mol. The second-order valence-electron chi connectivity index (χ2n) is 5.00. The van der Waals surface area contributed by atoms with Crippen molar-refractivity contribution in [3.05, 3.63) is 60.2 Å². The van der Waals surface area contributed by atoms with Gasteiger partial charge < -0.3 is 13.9 Å². The number of hydrogen-bond acceptors (Lipinski definition) is 5. The minimum absolute atomic E-state index is 0.277. The molecule has 2 aromatic carbocycles. The highest BCUT2D eigenvalue weighted by Crippen LogP contribution is 2.46. The van der Waals surface area contributed by atoms with Gasteiger partial charge in [0.2, 0.25) is 0 Å². The van der Waals surface area contributed by atoms with Crippen LogP contribution in [0.5, 0.6) is 0 Å². The normalized spacial score (nSPS) is 11.3. The van der Waals surface area contributed by atoms with Gasteiger partial charge in [-0.1, -0.05) is 30.3 Å². The molecular formula is C17H20NO4P. The summed E-state index contributed by atoms with van der Waals surface area (Å²) in [6.07, 6.45) is -0.279. The molecule has 0 amide bonds. The van der Waals surface area contributed by atoms with E-state index >= 15 is 0 Å². The lowest BCUT2D eigenvalue weighted by Gasteiger charge is -2.20. The van der Waals surface area contributed by atoms with Gasteiger partial charge in [0.15, 0.2) is 5.78 Å². The quantitative estimate of drug-likeness (QED) is 0.563. The van der Waals surface area contributed by atoms with Crippen LogP contribution < -0.4 is 4.90 Å². The number of carbonyl (C=O) groups is 1. The molecular weight excluding hydrogens is 313 g/mol. The monoisotopic (exact) mass is 333 g/mol. The highest BCUT2D eigenvalue weighted by atomic mass is 31.2. The van der Waals surface area contributed by atoms with E-state index in [0.717, 1.165) is 11.4 Å². The number of carbonyl (C=O) groups excluding carboxylic acids is 1. The summed E-state index contributed by atoms with van der Waals surface area (Å²) in [5.74, 6) is -0.277. The first kappa shape index (κ1) is 17.4. The maximum Gasteiger partial charge on any atom is 0.337 e. The van der Waals surface area contributed by atoms with Crippen LogP contribution in [-0.2, 0) is 13.6 Å². The maximum absolute atomic E-state index is 12.3. The molecule has 0 heterocycles. The van der Waals surface area contributed by atoms with Crippen molar-refractivity contribution in [1.82, 2.24) is 0 Å². The number of para-hydroxylation sites is 1. The molecule has 2 aromatic rings. The second kappa shape index (κ2) is 7.55. The number of rotatable bonds is 7. The van der Waals surface area contributed by atoms with Gasteiger partial charge in [-0.05, 0) is 24.3 Å². The molecule has 0 aliphatic carbocycles. The molecule has 0 N–H and O–H groups in total. The van der Waals surface area contributed by atoms with Crippen molar-refractivity contribution in [2.45, 2.75) is 0 Å². The number of anilines is 2. The number of nitrogens with zero attached hydrogens (tertiary/aromatic N) is 1. The molecule has 0 fully saturated rings. The molecule has 23 heavy (non-hydrogen) atoms. The van der Waals surface area contributed by atoms with Gasteiger partial charge in [0.1, 0.15) is 6.16 Å². The molecule has 0 atom stereocenters. The molecule has 2 rings (SSSR count). The Bertz CT molecular complexity index is 710. The van der Waals surface area contributed by atoms with Crippen LogP contribution in [0, 0.1) is 0 Å². The summed E-state index contributed by atoms with van der Waals surface area (Å²) in [5, 5.41) is 0. The van der Waals surface area contributed by atoms with Crippen molar-refractivity contribution in [3.8, 4) is 0 Å². The third-order valence-electron chi connectivity index (χ3n) is 3.59. The van der Waals surface area contributed by atoms with Gasteiger partial charge >= 0.3 is 7.60 Å². The van der Waals surface area contributed by atoms with Gasteiger partial charge in [0, 0.05) is 38.2 Å². The van der Waals surface area contributed by atoms with Crippen molar-refractivity contribution in [2.75, 3.05) is 32.3 Å². The standard InChI is InChI=1S/C17H20NO4P/c1-18(15-9-5-4-6-10-15)16-11-7-8-14(12-16)17(19)13-23(20,21-2)22-3/h4-12H,13H2,1-3H3.